The summed E-state index contributed by atoms with van der Waals surface area (Å²) in [5.74, 6) is 1.38. The molecule has 0 amide bonds. The average Bonchev–Trinajstić information content (AvgIpc) is 3.28. The molecule has 8 heteroatoms. The lowest BCUT2D eigenvalue weighted by Gasteiger charge is -2.40. The number of hydrogen-bond donors (Lipinski definition) is 1. The highest BCUT2D eigenvalue weighted by Crippen LogP contribution is 2.27. The Morgan fingerprint density at radius 1 is 1.30 bits per heavy atom. The number of rotatable bonds is 7. The number of nitrogens with zero attached hydrogens (tertiary/aromatic N) is 4. The Kier molecular flexibility index (Phi) is 7.53. The molecule has 1 saturated heterocycles. The molecule has 2 aromatic rings. The van der Waals surface area contributed by atoms with Crippen molar-refractivity contribution in [2.45, 2.75) is 50.6 Å². The van der Waals surface area contributed by atoms with E-state index >= 15 is 0 Å². The first-order chi connectivity index (χ1) is 14.4. The third-order valence-electron chi connectivity index (χ3n) is 5.78. The molecule has 1 aromatic heterocycles. The van der Waals surface area contributed by atoms with E-state index in [4.69, 9.17) is 4.99 Å². The van der Waals surface area contributed by atoms with Crippen molar-refractivity contribution < 1.29 is 8.42 Å². The minimum absolute atomic E-state index is 0.0471. The highest BCUT2D eigenvalue weighted by molar-refractivity contribution is 7.91. The lowest BCUT2D eigenvalue weighted by atomic mass is 9.93. The monoisotopic (exact) mass is 431 g/mol. The van der Waals surface area contributed by atoms with E-state index in [9.17, 15) is 8.42 Å². The maximum Gasteiger partial charge on any atom is 0.194 e. The van der Waals surface area contributed by atoms with Gasteiger partial charge < -0.3 is 14.8 Å². The standard InChI is InChI=1S/C22H33N5O2S/c1-4-19(16-30(28,29)20-9-7-6-8-10-20)25-22(24-5-2)26-13-11-18(3)21(15-26)27-14-12-23-17-27/h6-10,12,14,17-19,21H,4-5,11,13,15-16H2,1-3H3,(H,24,25). The smallest absolute Gasteiger partial charge is 0.194 e. The van der Waals surface area contributed by atoms with Crippen molar-refractivity contribution in [3.63, 3.8) is 0 Å². The van der Waals surface area contributed by atoms with Gasteiger partial charge in [0.15, 0.2) is 15.8 Å². The number of imidazole rings is 1. The molecule has 0 spiro atoms. The number of hydrogen-bond acceptors (Lipinski definition) is 4. The molecule has 1 aromatic carbocycles. The van der Waals surface area contributed by atoms with Gasteiger partial charge in [-0.05, 0) is 37.8 Å². The number of guanidine groups is 1. The zero-order chi connectivity index (χ0) is 21.6. The molecule has 164 valence electrons. The van der Waals surface area contributed by atoms with Crippen LogP contribution in [0.15, 0.2) is 58.9 Å². The molecule has 7 nitrogen and oxygen atoms in total. The van der Waals surface area contributed by atoms with Crippen molar-refractivity contribution >= 4 is 15.8 Å². The fourth-order valence-corrected chi connectivity index (χ4v) is 5.53. The molecule has 3 atom stereocenters. The van der Waals surface area contributed by atoms with Crippen LogP contribution in [-0.2, 0) is 9.84 Å². The van der Waals surface area contributed by atoms with Gasteiger partial charge in [0.25, 0.3) is 0 Å². The molecule has 3 unspecified atom stereocenters. The number of piperidine rings is 1. The van der Waals surface area contributed by atoms with E-state index in [2.05, 4.69) is 26.7 Å². The van der Waals surface area contributed by atoms with Gasteiger partial charge >= 0.3 is 0 Å². The fraction of sp³-hybridized carbons (Fsp3) is 0.545. The summed E-state index contributed by atoms with van der Waals surface area (Å²) in [6, 6.07) is 8.78. The Hall–Kier alpha value is -2.35. The molecule has 2 heterocycles. The quantitative estimate of drug-likeness (QED) is 0.539. The Bertz CT molecular complexity index is 912. The molecule has 1 fully saturated rings. The summed E-state index contributed by atoms with van der Waals surface area (Å²) >= 11 is 0. The van der Waals surface area contributed by atoms with Gasteiger partial charge in [-0.2, -0.15) is 0 Å². The molecule has 30 heavy (non-hydrogen) atoms. The van der Waals surface area contributed by atoms with Crippen molar-refractivity contribution in [2.75, 3.05) is 25.4 Å². The maximum absolute atomic E-state index is 12.9. The first kappa shape index (κ1) is 22.3. The number of aliphatic imine (C=N–C) groups is 1. The topological polar surface area (TPSA) is 79.6 Å². The zero-order valence-corrected chi connectivity index (χ0v) is 18.9. The third kappa shape index (κ3) is 5.41. The van der Waals surface area contributed by atoms with E-state index in [-0.39, 0.29) is 11.8 Å². The van der Waals surface area contributed by atoms with E-state index < -0.39 is 9.84 Å². The van der Waals surface area contributed by atoms with Crippen LogP contribution in [0.1, 0.15) is 39.7 Å². The molecular weight excluding hydrogens is 398 g/mol. The van der Waals surface area contributed by atoms with Gasteiger partial charge in [-0.15, -0.1) is 0 Å². The van der Waals surface area contributed by atoms with Crippen molar-refractivity contribution in [3.05, 3.63) is 49.1 Å². The van der Waals surface area contributed by atoms with Crippen LogP contribution in [-0.4, -0.2) is 60.3 Å². The summed E-state index contributed by atoms with van der Waals surface area (Å²) in [6.45, 7) is 8.65. The number of nitrogens with one attached hydrogen (secondary N) is 1. The first-order valence-corrected chi connectivity index (χ1v) is 12.4. The van der Waals surface area contributed by atoms with Crippen LogP contribution in [0.2, 0.25) is 0 Å². The second-order valence-corrected chi connectivity index (χ2v) is 9.97. The Balaban J connectivity index is 1.73. The molecule has 3 rings (SSSR count). The molecule has 0 bridgehead atoms. The Labute approximate surface area is 180 Å². The van der Waals surface area contributed by atoms with Crippen molar-refractivity contribution in [3.8, 4) is 0 Å². The van der Waals surface area contributed by atoms with Crippen LogP contribution in [0.5, 0.6) is 0 Å². The van der Waals surface area contributed by atoms with Gasteiger partial charge in [0, 0.05) is 38.1 Å². The molecule has 1 aliphatic heterocycles. The van der Waals surface area contributed by atoms with Crippen molar-refractivity contribution in [1.82, 2.24) is 19.8 Å². The summed E-state index contributed by atoms with van der Waals surface area (Å²) in [7, 11) is -3.37. The molecular formula is C22H33N5O2S. The summed E-state index contributed by atoms with van der Waals surface area (Å²) < 4.78 is 27.9. The van der Waals surface area contributed by atoms with Gasteiger partial charge in [-0.25, -0.2) is 13.4 Å². The summed E-state index contributed by atoms with van der Waals surface area (Å²) in [6.07, 6.45) is 7.44. The third-order valence-corrected chi connectivity index (χ3v) is 7.61. The molecule has 0 radical (unpaired) electrons. The number of aromatic nitrogens is 2. The van der Waals surface area contributed by atoms with Gasteiger partial charge in [-0.3, -0.25) is 4.99 Å². The van der Waals surface area contributed by atoms with Gasteiger partial charge in [0.05, 0.1) is 23.0 Å². The van der Waals surface area contributed by atoms with E-state index in [1.54, 1.807) is 24.3 Å². The summed E-state index contributed by atoms with van der Waals surface area (Å²) in [5, 5.41) is 3.45. The molecule has 1 aliphatic rings. The van der Waals surface area contributed by atoms with E-state index in [0.717, 1.165) is 25.5 Å². The maximum atomic E-state index is 12.9. The van der Waals surface area contributed by atoms with Crippen molar-refractivity contribution in [1.29, 1.82) is 0 Å². The Morgan fingerprint density at radius 2 is 2.07 bits per heavy atom. The van der Waals surface area contributed by atoms with Gasteiger partial charge in [-0.1, -0.05) is 32.0 Å². The highest BCUT2D eigenvalue weighted by atomic mass is 32.2. The predicted octanol–water partition coefficient (Wildman–Crippen LogP) is 2.98. The van der Waals surface area contributed by atoms with E-state index in [0.29, 0.717) is 29.8 Å². The zero-order valence-electron chi connectivity index (χ0n) is 18.1. The number of sulfone groups is 1. The summed E-state index contributed by atoms with van der Waals surface area (Å²) in [4.78, 5) is 11.5. The second kappa shape index (κ2) is 10.1. The van der Waals surface area contributed by atoms with E-state index in [1.807, 2.05) is 38.6 Å². The van der Waals surface area contributed by atoms with Crippen molar-refractivity contribution in [2.24, 2.45) is 10.9 Å². The minimum Gasteiger partial charge on any atom is -0.352 e. The van der Waals surface area contributed by atoms with Crippen LogP contribution in [0.3, 0.4) is 0 Å². The normalized spacial score (nSPS) is 21.4. The van der Waals surface area contributed by atoms with Crippen LogP contribution >= 0.6 is 0 Å². The number of likely N-dealkylation sites (tertiary alicyclic amines) is 1. The van der Waals surface area contributed by atoms with E-state index in [1.165, 1.54) is 0 Å². The minimum atomic E-state index is -3.37. The molecule has 0 saturated carbocycles. The predicted molar refractivity (Wildman–Crippen MR) is 120 cm³/mol. The van der Waals surface area contributed by atoms with Gasteiger partial charge in [0.2, 0.25) is 0 Å². The number of benzene rings is 1. The van der Waals surface area contributed by atoms with Crippen LogP contribution in [0.4, 0.5) is 0 Å². The van der Waals surface area contributed by atoms with Gasteiger partial charge in [0.1, 0.15) is 0 Å². The highest BCUT2D eigenvalue weighted by Gasteiger charge is 2.30. The summed E-state index contributed by atoms with van der Waals surface area (Å²) in [5.41, 5.74) is 0. The fourth-order valence-electron chi connectivity index (χ4n) is 3.91. The van der Waals surface area contributed by atoms with Crippen LogP contribution in [0.25, 0.3) is 0 Å². The second-order valence-electron chi connectivity index (χ2n) is 7.93. The largest absolute Gasteiger partial charge is 0.352 e. The first-order valence-electron chi connectivity index (χ1n) is 10.8. The lowest BCUT2D eigenvalue weighted by molar-refractivity contribution is 0.188. The van der Waals surface area contributed by atoms with Crippen LogP contribution < -0.4 is 5.32 Å². The SMILES string of the molecule is CCN=C(NC(CC)CS(=O)(=O)c1ccccc1)N1CCC(C)C(n2ccnc2)C1. The Morgan fingerprint density at radius 3 is 2.70 bits per heavy atom. The molecule has 1 N–H and O–H groups in total. The van der Waals surface area contributed by atoms with Crippen LogP contribution in [0, 0.1) is 5.92 Å². The lowest BCUT2D eigenvalue weighted by Crippen LogP contribution is -2.52. The average molecular weight is 432 g/mol. The molecule has 0 aliphatic carbocycles.